The Labute approximate surface area is 286 Å². The zero-order valence-electron chi connectivity index (χ0n) is 25.8. The van der Waals surface area contributed by atoms with Crippen LogP contribution in [0.1, 0.15) is 22.3 Å². The number of carbonyl (C=O) groups excluding carboxylic acids is 3. The monoisotopic (exact) mass is 689 g/mol. The summed E-state index contributed by atoms with van der Waals surface area (Å²) in [6.45, 7) is 0.432. The van der Waals surface area contributed by atoms with Crippen LogP contribution in [-0.4, -0.2) is 67.6 Å². The van der Waals surface area contributed by atoms with Gasteiger partial charge in [0.25, 0.3) is 0 Å². The van der Waals surface area contributed by atoms with Gasteiger partial charge in [0.05, 0.1) is 0 Å². The Kier molecular flexibility index (Phi) is 14.6. The maximum Gasteiger partial charge on any atom is 0.408 e. The van der Waals surface area contributed by atoms with E-state index in [1.54, 1.807) is 66.1 Å². The number of aromatic nitrogens is 2. The van der Waals surface area contributed by atoms with Crippen LogP contribution in [0.25, 0.3) is 0 Å². The molecule has 2 aromatic carbocycles. The Morgan fingerprint density at radius 1 is 0.646 bits per heavy atom. The number of carbonyl (C=O) groups is 4. The summed E-state index contributed by atoms with van der Waals surface area (Å²) < 4.78 is 10.6. The highest BCUT2D eigenvalue weighted by Gasteiger charge is 2.28. The third-order valence-corrected chi connectivity index (χ3v) is 9.08. The van der Waals surface area contributed by atoms with Crippen molar-refractivity contribution in [2.45, 2.75) is 38.4 Å². The molecule has 0 aliphatic rings. The molecule has 2 atom stereocenters. The van der Waals surface area contributed by atoms with Crippen LogP contribution >= 0.6 is 21.6 Å². The Morgan fingerprint density at radius 3 is 1.52 bits per heavy atom. The van der Waals surface area contributed by atoms with E-state index in [0.29, 0.717) is 0 Å². The highest BCUT2D eigenvalue weighted by molar-refractivity contribution is 8.76. The lowest BCUT2D eigenvalue weighted by Gasteiger charge is -2.28. The summed E-state index contributed by atoms with van der Waals surface area (Å²) in [5.74, 6) is -1.58. The van der Waals surface area contributed by atoms with E-state index in [2.05, 4.69) is 20.6 Å². The van der Waals surface area contributed by atoms with Gasteiger partial charge in [-0.2, -0.15) is 0 Å². The molecule has 0 fully saturated rings. The van der Waals surface area contributed by atoms with E-state index >= 15 is 0 Å². The number of aliphatic carboxylic acids is 1. The number of nitrogens with one attached hydrogen (secondary N) is 2. The molecule has 0 saturated carbocycles. The molecule has 12 nitrogen and oxygen atoms in total. The van der Waals surface area contributed by atoms with Crippen LogP contribution < -0.4 is 10.6 Å². The number of hydrogen-bond acceptors (Lipinski definition) is 10. The van der Waals surface area contributed by atoms with Crippen molar-refractivity contribution in [3.8, 4) is 0 Å². The van der Waals surface area contributed by atoms with E-state index in [-0.39, 0.29) is 43.7 Å². The van der Waals surface area contributed by atoms with E-state index in [9.17, 15) is 24.3 Å². The normalized spacial score (nSPS) is 11.8. The van der Waals surface area contributed by atoms with Gasteiger partial charge in [-0.3, -0.25) is 14.8 Å². The summed E-state index contributed by atoms with van der Waals surface area (Å²) in [5.41, 5.74) is 3.12. The minimum atomic E-state index is -1.25. The number of rotatable bonds is 17. The first kappa shape index (κ1) is 35.8. The molecule has 14 heteroatoms. The van der Waals surface area contributed by atoms with Gasteiger partial charge in [0, 0.05) is 49.4 Å². The minimum absolute atomic E-state index is 0.00861. The number of carboxylic acid groups (broad SMARTS) is 1. The second-order valence-corrected chi connectivity index (χ2v) is 12.9. The molecule has 3 amide bonds. The maximum atomic E-state index is 14.1. The van der Waals surface area contributed by atoms with Gasteiger partial charge in [-0.1, -0.05) is 94.4 Å². The van der Waals surface area contributed by atoms with Gasteiger partial charge < -0.3 is 30.1 Å². The van der Waals surface area contributed by atoms with E-state index in [0.717, 1.165) is 33.0 Å². The first-order chi connectivity index (χ1) is 23.4. The van der Waals surface area contributed by atoms with Crippen molar-refractivity contribution in [1.82, 2.24) is 25.5 Å². The van der Waals surface area contributed by atoms with E-state index in [1.165, 1.54) is 10.8 Å². The van der Waals surface area contributed by atoms with Crippen LogP contribution in [0.5, 0.6) is 0 Å². The highest BCUT2D eigenvalue weighted by Crippen LogP contribution is 2.24. The maximum absolute atomic E-state index is 14.1. The third kappa shape index (κ3) is 12.6. The smallest absolute Gasteiger partial charge is 0.408 e. The van der Waals surface area contributed by atoms with Crippen molar-refractivity contribution >= 4 is 45.7 Å². The van der Waals surface area contributed by atoms with Gasteiger partial charge in [0.1, 0.15) is 25.3 Å². The Bertz CT molecular complexity index is 1550. The van der Waals surface area contributed by atoms with Crippen molar-refractivity contribution in [1.29, 1.82) is 0 Å². The number of hydrogen-bond donors (Lipinski definition) is 3. The Hall–Kier alpha value is -5.08. The van der Waals surface area contributed by atoms with Gasteiger partial charge >= 0.3 is 18.2 Å². The van der Waals surface area contributed by atoms with Crippen LogP contribution in [0.3, 0.4) is 0 Å². The molecular weight excluding hydrogens is 655 g/mol. The lowest BCUT2D eigenvalue weighted by atomic mass is 10.2. The third-order valence-electron chi connectivity index (χ3n) is 6.66. The second kappa shape index (κ2) is 19.6. The van der Waals surface area contributed by atoms with Crippen molar-refractivity contribution in [2.75, 3.05) is 11.5 Å². The minimum Gasteiger partial charge on any atom is -0.480 e. The van der Waals surface area contributed by atoms with Crippen molar-refractivity contribution < 1.29 is 33.8 Å². The predicted octanol–water partition coefficient (Wildman–Crippen LogP) is 5.06. The molecule has 2 aromatic heterocycles. The van der Waals surface area contributed by atoms with Crippen molar-refractivity contribution in [3.05, 3.63) is 132 Å². The van der Waals surface area contributed by atoms with Crippen LogP contribution in [0.4, 0.5) is 9.59 Å². The van der Waals surface area contributed by atoms with E-state index in [4.69, 9.17) is 9.47 Å². The summed E-state index contributed by atoms with van der Waals surface area (Å²) in [7, 11) is 2.31. The molecule has 0 aliphatic heterocycles. The molecule has 0 radical (unpaired) electrons. The highest BCUT2D eigenvalue weighted by atomic mass is 33.1. The van der Waals surface area contributed by atoms with Crippen LogP contribution in [-0.2, 0) is 45.4 Å². The molecule has 4 rings (SSSR count). The standard InChI is InChI=1S/C34H35N5O7S2/c40-31(39(19-27-13-7-15-35-17-27)20-28-14-8-16-36-18-28)29(37-33(43)45-21-25-9-3-1-4-10-25)23-47-48-24-30(32(41)42)38-34(44)46-22-26-11-5-2-6-12-26/h1-18,29-30H,19-24H2,(H,37,43)(H,38,44)(H,41,42)/t29-,30-/m0/s1. The Morgan fingerprint density at radius 2 is 1.08 bits per heavy atom. The lowest BCUT2D eigenvalue weighted by Crippen LogP contribution is -2.49. The molecule has 0 bridgehead atoms. The predicted molar refractivity (Wildman–Crippen MR) is 182 cm³/mol. The first-order valence-electron chi connectivity index (χ1n) is 14.9. The molecule has 48 heavy (non-hydrogen) atoms. The quantitative estimate of drug-likeness (QED) is 0.100. The summed E-state index contributed by atoms with van der Waals surface area (Å²) in [6, 6.07) is 23.1. The molecular formula is C34H35N5O7S2. The molecule has 0 spiro atoms. The van der Waals surface area contributed by atoms with Crippen LogP contribution in [0.15, 0.2) is 110 Å². The van der Waals surface area contributed by atoms with Gasteiger partial charge in [0.2, 0.25) is 5.91 Å². The largest absolute Gasteiger partial charge is 0.480 e. The second-order valence-electron chi connectivity index (χ2n) is 10.3. The van der Waals surface area contributed by atoms with Gasteiger partial charge in [-0.15, -0.1) is 0 Å². The molecule has 0 aliphatic carbocycles. The summed E-state index contributed by atoms with van der Waals surface area (Å²) in [6.07, 6.45) is 4.95. The SMILES string of the molecule is O=C(N[C@@H](CSSC[C@H](NC(=O)OCc1ccccc1)C(=O)N(Cc1cccnc1)Cc1cccnc1)C(=O)O)OCc1ccccc1. The summed E-state index contributed by atoms with van der Waals surface area (Å²) in [5, 5.41) is 14.7. The number of nitrogens with zero attached hydrogens (tertiary/aromatic N) is 3. The topological polar surface area (TPSA) is 160 Å². The molecule has 2 heterocycles. The van der Waals surface area contributed by atoms with Crippen LogP contribution in [0.2, 0.25) is 0 Å². The molecule has 4 aromatic rings. The molecule has 3 N–H and O–H groups in total. The number of carboxylic acids is 1. The Balaban J connectivity index is 1.40. The zero-order chi connectivity index (χ0) is 34.0. The number of amides is 3. The average Bonchev–Trinajstić information content (AvgIpc) is 3.11. The fourth-order valence-electron chi connectivity index (χ4n) is 4.25. The fraction of sp³-hybridized carbons (Fsp3) is 0.235. The van der Waals surface area contributed by atoms with Gasteiger partial charge in [-0.05, 0) is 34.4 Å². The summed E-state index contributed by atoms with van der Waals surface area (Å²) >= 11 is 0. The average molecular weight is 690 g/mol. The number of pyridine rings is 2. The van der Waals surface area contributed by atoms with Gasteiger partial charge in [0.15, 0.2) is 0 Å². The molecule has 250 valence electrons. The number of ether oxygens (including phenoxy) is 2. The lowest BCUT2D eigenvalue weighted by molar-refractivity contribution is -0.138. The molecule has 0 unspecified atom stereocenters. The van der Waals surface area contributed by atoms with Crippen molar-refractivity contribution in [3.63, 3.8) is 0 Å². The first-order valence-corrected chi connectivity index (χ1v) is 17.3. The van der Waals surface area contributed by atoms with E-state index in [1.807, 2.05) is 48.5 Å². The summed E-state index contributed by atoms with van der Waals surface area (Å²) in [4.78, 5) is 61.0. The number of alkyl carbamates (subject to hydrolysis) is 2. The van der Waals surface area contributed by atoms with Gasteiger partial charge in [-0.25, -0.2) is 14.4 Å². The van der Waals surface area contributed by atoms with E-state index < -0.39 is 30.2 Å². The number of benzene rings is 2. The van der Waals surface area contributed by atoms with Crippen molar-refractivity contribution in [2.24, 2.45) is 0 Å². The van der Waals surface area contributed by atoms with Crippen LogP contribution in [0, 0.1) is 0 Å². The molecule has 0 saturated heterocycles. The zero-order valence-corrected chi connectivity index (χ0v) is 27.5. The fourth-order valence-corrected chi connectivity index (χ4v) is 6.56.